The number of hydrogen-bond donors (Lipinski definition) is 1. The van der Waals surface area contributed by atoms with Crippen molar-refractivity contribution in [3.8, 4) is 0 Å². The number of nitrogens with zero attached hydrogens (tertiary/aromatic N) is 2. The molecule has 20 heavy (non-hydrogen) atoms. The standard InChI is InChI=1S/C14H19FN2O3/c1-10(18)14-4-2-3-7-16(14)9-11-5-6-12(17(19)20)8-13(11)15/h5-6,8,10,14,18H,2-4,7,9H2,1H3. The van der Waals surface area contributed by atoms with E-state index in [4.69, 9.17) is 0 Å². The molecule has 2 atom stereocenters. The summed E-state index contributed by atoms with van der Waals surface area (Å²) < 4.78 is 13.9. The third-order valence-electron chi connectivity index (χ3n) is 3.84. The number of non-ortho nitro benzene ring substituents is 1. The number of nitro benzene ring substituents is 1. The molecule has 1 saturated heterocycles. The van der Waals surface area contributed by atoms with Crippen molar-refractivity contribution >= 4 is 5.69 Å². The van der Waals surface area contributed by atoms with Crippen LogP contribution in [0.4, 0.5) is 10.1 Å². The minimum atomic E-state index is -0.605. The molecule has 2 rings (SSSR count). The van der Waals surface area contributed by atoms with Crippen molar-refractivity contribution in [1.82, 2.24) is 4.90 Å². The fourth-order valence-corrected chi connectivity index (χ4v) is 2.76. The van der Waals surface area contributed by atoms with Crippen molar-refractivity contribution in [3.05, 3.63) is 39.7 Å². The fourth-order valence-electron chi connectivity index (χ4n) is 2.76. The van der Waals surface area contributed by atoms with Gasteiger partial charge in [-0.25, -0.2) is 4.39 Å². The normalized spacial score (nSPS) is 21.6. The summed E-state index contributed by atoms with van der Waals surface area (Å²) in [6.07, 6.45) is 2.52. The Morgan fingerprint density at radius 1 is 1.55 bits per heavy atom. The monoisotopic (exact) mass is 282 g/mol. The van der Waals surface area contributed by atoms with E-state index >= 15 is 0 Å². The summed E-state index contributed by atoms with van der Waals surface area (Å²) >= 11 is 0. The highest BCUT2D eigenvalue weighted by molar-refractivity contribution is 5.34. The predicted molar refractivity (Wildman–Crippen MR) is 72.8 cm³/mol. The molecule has 0 saturated carbocycles. The minimum Gasteiger partial charge on any atom is -0.392 e. The molecule has 0 spiro atoms. The summed E-state index contributed by atoms with van der Waals surface area (Å²) in [7, 11) is 0. The Morgan fingerprint density at radius 3 is 2.90 bits per heavy atom. The van der Waals surface area contributed by atoms with Crippen molar-refractivity contribution in [3.63, 3.8) is 0 Å². The highest BCUT2D eigenvalue weighted by Crippen LogP contribution is 2.24. The average Bonchev–Trinajstić information content (AvgIpc) is 2.41. The van der Waals surface area contributed by atoms with Crippen LogP contribution in [-0.4, -0.2) is 33.6 Å². The van der Waals surface area contributed by atoms with Crippen LogP contribution in [0.5, 0.6) is 0 Å². The van der Waals surface area contributed by atoms with Crippen LogP contribution in [0.2, 0.25) is 0 Å². The fraction of sp³-hybridized carbons (Fsp3) is 0.571. The van der Waals surface area contributed by atoms with Gasteiger partial charge in [0.25, 0.3) is 5.69 Å². The maximum Gasteiger partial charge on any atom is 0.272 e. The quantitative estimate of drug-likeness (QED) is 0.680. The molecule has 1 aromatic carbocycles. The Morgan fingerprint density at radius 2 is 2.30 bits per heavy atom. The number of piperidine rings is 1. The molecule has 1 aliphatic heterocycles. The van der Waals surface area contributed by atoms with Gasteiger partial charge in [-0.2, -0.15) is 0 Å². The lowest BCUT2D eigenvalue weighted by molar-refractivity contribution is -0.385. The number of rotatable bonds is 4. The second-order valence-electron chi connectivity index (χ2n) is 5.31. The van der Waals surface area contributed by atoms with Gasteiger partial charge in [0.05, 0.1) is 17.1 Å². The Balaban J connectivity index is 2.14. The minimum absolute atomic E-state index is 0.0262. The van der Waals surface area contributed by atoms with E-state index in [0.29, 0.717) is 12.1 Å². The van der Waals surface area contributed by atoms with E-state index in [1.807, 2.05) is 0 Å². The summed E-state index contributed by atoms with van der Waals surface area (Å²) in [5, 5.41) is 20.4. The first-order chi connectivity index (χ1) is 9.49. The van der Waals surface area contributed by atoms with Crippen LogP contribution < -0.4 is 0 Å². The highest BCUT2D eigenvalue weighted by atomic mass is 19.1. The zero-order valence-corrected chi connectivity index (χ0v) is 11.5. The summed E-state index contributed by atoms with van der Waals surface area (Å²) in [4.78, 5) is 12.0. The number of aliphatic hydroxyl groups excluding tert-OH is 1. The SMILES string of the molecule is CC(O)C1CCCCN1Cc1ccc([N+](=O)[O-])cc1F. The molecule has 1 N–H and O–H groups in total. The number of halogens is 1. The van der Waals surface area contributed by atoms with Gasteiger partial charge in [0, 0.05) is 24.2 Å². The number of hydrogen-bond acceptors (Lipinski definition) is 4. The smallest absolute Gasteiger partial charge is 0.272 e. The lowest BCUT2D eigenvalue weighted by Gasteiger charge is -2.37. The number of likely N-dealkylation sites (tertiary alicyclic amines) is 1. The second kappa shape index (κ2) is 6.28. The molecule has 1 aromatic rings. The highest BCUT2D eigenvalue weighted by Gasteiger charge is 2.27. The van der Waals surface area contributed by atoms with Gasteiger partial charge in [-0.15, -0.1) is 0 Å². The maximum absolute atomic E-state index is 13.9. The summed E-state index contributed by atoms with van der Waals surface area (Å²) in [5.74, 6) is -0.561. The first kappa shape index (κ1) is 14.9. The van der Waals surface area contributed by atoms with Gasteiger partial charge in [0.15, 0.2) is 0 Å². The van der Waals surface area contributed by atoms with Crippen LogP contribution in [-0.2, 0) is 6.54 Å². The van der Waals surface area contributed by atoms with Gasteiger partial charge in [0.2, 0.25) is 0 Å². The zero-order chi connectivity index (χ0) is 14.7. The molecule has 1 aliphatic rings. The maximum atomic E-state index is 13.9. The Labute approximate surface area is 117 Å². The number of aliphatic hydroxyl groups is 1. The van der Waals surface area contributed by atoms with Gasteiger partial charge in [-0.05, 0) is 32.4 Å². The van der Waals surface area contributed by atoms with Gasteiger partial charge in [0.1, 0.15) is 5.82 Å². The van der Waals surface area contributed by atoms with Gasteiger partial charge in [-0.3, -0.25) is 15.0 Å². The third kappa shape index (κ3) is 3.32. The van der Waals surface area contributed by atoms with Crippen LogP contribution in [0.1, 0.15) is 31.7 Å². The van der Waals surface area contributed by atoms with Crippen LogP contribution in [0, 0.1) is 15.9 Å². The molecular formula is C14H19FN2O3. The molecule has 0 radical (unpaired) electrons. The number of nitro groups is 1. The summed E-state index contributed by atoms with van der Waals surface area (Å²) in [6, 6.07) is 3.76. The zero-order valence-electron chi connectivity index (χ0n) is 11.5. The summed E-state index contributed by atoms with van der Waals surface area (Å²) in [6.45, 7) is 2.93. The molecule has 0 bridgehead atoms. The average molecular weight is 282 g/mol. The van der Waals surface area contributed by atoms with E-state index in [2.05, 4.69) is 4.90 Å². The van der Waals surface area contributed by atoms with Gasteiger partial charge < -0.3 is 5.11 Å². The third-order valence-corrected chi connectivity index (χ3v) is 3.84. The molecule has 0 amide bonds. The van der Waals surface area contributed by atoms with E-state index in [1.54, 1.807) is 6.92 Å². The van der Waals surface area contributed by atoms with E-state index in [1.165, 1.54) is 12.1 Å². The van der Waals surface area contributed by atoms with Crippen LogP contribution >= 0.6 is 0 Å². The van der Waals surface area contributed by atoms with Crippen LogP contribution in [0.25, 0.3) is 0 Å². The van der Waals surface area contributed by atoms with E-state index < -0.39 is 16.8 Å². The Hall–Kier alpha value is -1.53. The van der Waals surface area contributed by atoms with E-state index in [0.717, 1.165) is 31.9 Å². The van der Waals surface area contributed by atoms with E-state index in [-0.39, 0.29) is 11.7 Å². The van der Waals surface area contributed by atoms with Gasteiger partial charge >= 0.3 is 0 Å². The molecule has 5 nitrogen and oxygen atoms in total. The van der Waals surface area contributed by atoms with Crippen molar-refractivity contribution in [2.24, 2.45) is 0 Å². The van der Waals surface area contributed by atoms with Crippen molar-refractivity contribution < 1.29 is 14.4 Å². The topological polar surface area (TPSA) is 66.6 Å². The molecular weight excluding hydrogens is 263 g/mol. The van der Waals surface area contributed by atoms with Crippen molar-refractivity contribution in [2.75, 3.05) is 6.54 Å². The lowest BCUT2D eigenvalue weighted by Crippen LogP contribution is -2.45. The Kier molecular flexibility index (Phi) is 4.67. The summed E-state index contributed by atoms with van der Waals surface area (Å²) in [5.41, 5.74) is 0.195. The van der Waals surface area contributed by atoms with Crippen LogP contribution in [0.15, 0.2) is 18.2 Å². The van der Waals surface area contributed by atoms with Gasteiger partial charge in [-0.1, -0.05) is 6.42 Å². The van der Waals surface area contributed by atoms with Crippen LogP contribution in [0.3, 0.4) is 0 Å². The van der Waals surface area contributed by atoms with E-state index in [9.17, 15) is 19.6 Å². The first-order valence-electron chi connectivity index (χ1n) is 6.84. The van der Waals surface area contributed by atoms with Crippen molar-refractivity contribution in [1.29, 1.82) is 0 Å². The molecule has 6 heteroatoms. The largest absolute Gasteiger partial charge is 0.392 e. The molecule has 0 aliphatic carbocycles. The second-order valence-corrected chi connectivity index (χ2v) is 5.31. The molecule has 2 unspecified atom stereocenters. The Bertz CT molecular complexity index is 493. The molecule has 1 fully saturated rings. The number of benzene rings is 1. The van der Waals surface area contributed by atoms with Crippen molar-refractivity contribution in [2.45, 2.75) is 44.9 Å². The molecule has 110 valence electrons. The lowest BCUT2D eigenvalue weighted by atomic mass is 9.97. The predicted octanol–water partition coefficient (Wildman–Crippen LogP) is 2.47. The molecule has 1 heterocycles. The molecule has 0 aromatic heterocycles. The first-order valence-corrected chi connectivity index (χ1v) is 6.84.